The molecule has 1 amide bonds. The number of nitrogens with zero attached hydrogens (tertiary/aromatic N) is 2. The van der Waals surface area contributed by atoms with Gasteiger partial charge in [0.25, 0.3) is 0 Å². The van der Waals surface area contributed by atoms with E-state index >= 15 is 0 Å². The second-order valence-electron chi connectivity index (χ2n) is 5.48. The van der Waals surface area contributed by atoms with Crippen molar-refractivity contribution in [1.82, 2.24) is 10.2 Å². The molecule has 1 rings (SSSR count). The lowest BCUT2D eigenvalue weighted by atomic mass is 10.1. The Hall–Kier alpha value is -1.08. The van der Waals surface area contributed by atoms with Crippen molar-refractivity contribution in [1.29, 1.82) is 5.26 Å². The highest BCUT2D eigenvalue weighted by atomic mass is 16.2. The van der Waals surface area contributed by atoms with E-state index < -0.39 is 0 Å². The fourth-order valence-electron chi connectivity index (χ4n) is 2.52. The van der Waals surface area contributed by atoms with E-state index in [0.717, 1.165) is 12.8 Å². The van der Waals surface area contributed by atoms with Crippen LogP contribution in [-0.4, -0.2) is 37.0 Å². The predicted octanol–water partition coefficient (Wildman–Crippen LogP) is 1.92. The second kappa shape index (κ2) is 8.10. The van der Waals surface area contributed by atoms with Gasteiger partial charge in [0.05, 0.1) is 18.5 Å². The van der Waals surface area contributed by atoms with Gasteiger partial charge in [0, 0.05) is 12.6 Å². The van der Waals surface area contributed by atoms with Crippen LogP contribution in [0.15, 0.2) is 0 Å². The Morgan fingerprint density at radius 2 is 2.00 bits per heavy atom. The van der Waals surface area contributed by atoms with Crippen molar-refractivity contribution in [3.63, 3.8) is 0 Å². The van der Waals surface area contributed by atoms with Gasteiger partial charge in [-0.2, -0.15) is 5.26 Å². The van der Waals surface area contributed by atoms with Gasteiger partial charge >= 0.3 is 0 Å². The number of rotatable bonds is 5. The fraction of sp³-hybridized carbons (Fsp3) is 0.857. The van der Waals surface area contributed by atoms with E-state index in [2.05, 4.69) is 11.4 Å². The molecule has 4 heteroatoms. The Balaban J connectivity index is 2.25. The number of amides is 1. The van der Waals surface area contributed by atoms with Crippen molar-refractivity contribution in [2.24, 2.45) is 5.92 Å². The third-order valence-corrected chi connectivity index (χ3v) is 3.44. The van der Waals surface area contributed by atoms with Crippen LogP contribution in [0.4, 0.5) is 0 Å². The molecule has 0 bridgehead atoms. The highest BCUT2D eigenvalue weighted by molar-refractivity contribution is 5.78. The van der Waals surface area contributed by atoms with Gasteiger partial charge in [0.15, 0.2) is 0 Å². The molecule has 0 saturated heterocycles. The van der Waals surface area contributed by atoms with Crippen molar-refractivity contribution >= 4 is 5.91 Å². The molecule has 0 spiro atoms. The van der Waals surface area contributed by atoms with Crippen molar-refractivity contribution in [3.05, 3.63) is 0 Å². The van der Waals surface area contributed by atoms with E-state index in [4.69, 9.17) is 5.26 Å². The average Bonchev–Trinajstić information content (AvgIpc) is 2.57. The molecule has 1 fully saturated rings. The number of nitrogens with one attached hydrogen (secondary N) is 1. The summed E-state index contributed by atoms with van der Waals surface area (Å²) in [6.07, 6.45) is 7.28. The third-order valence-electron chi connectivity index (χ3n) is 3.44. The van der Waals surface area contributed by atoms with E-state index in [1.807, 2.05) is 18.9 Å². The van der Waals surface area contributed by atoms with Crippen LogP contribution < -0.4 is 5.32 Å². The van der Waals surface area contributed by atoms with Crippen molar-refractivity contribution in [2.45, 2.75) is 51.5 Å². The summed E-state index contributed by atoms with van der Waals surface area (Å²) >= 11 is 0. The van der Waals surface area contributed by atoms with Crippen LogP contribution in [0.5, 0.6) is 0 Å². The normalized spacial score (nSPS) is 19.0. The summed E-state index contributed by atoms with van der Waals surface area (Å²) in [6, 6.07) is 2.55. The summed E-state index contributed by atoms with van der Waals surface area (Å²) in [5, 5.41) is 11.9. The van der Waals surface area contributed by atoms with E-state index in [-0.39, 0.29) is 11.8 Å². The maximum atomic E-state index is 11.9. The van der Waals surface area contributed by atoms with E-state index in [9.17, 15) is 4.79 Å². The minimum absolute atomic E-state index is 0.0271. The van der Waals surface area contributed by atoms with Gasteiger partial charge < -0.3 is 5.32 Å². The van der Waals surface area contributed by atoms with Crippen molar-refractivity contribution in [2.75, 3.05) is 20.1 Å². The van der Waals surface area contributed by atoms with Crippen LogP contribution in [0.3, 0.4) is 0 Å². The van der Waals surface area contributed by atoms with Crippen LogP contribution in [0.1, 0.15) is 45.4 Å². The van der Waals surface area contributed by atoms with Crippen LogP contribution in [0.2, 0.25) is 0 Å². The summed E-state index contributed by atoms with van der Waals surface area (Å²) in [4.78, 5) is 13.8. The average molecular weight is 251 g/mol. The van der Waals surface area contributed by atoms with Gasteiger partial charge in [-0.05, 0) is 26.8 Å². The standard InChI is InChI=1S/C14H25N3O/c1-12(9-15)10-17(2)11-14(18)16-13-7-5-3-4-6-8-13/h12-13H,3-8,10-11H2,1-2H3,(H,16,18). The molecule has 1 aliphatic rings. The SMILES string of the molecule is CC(C#N)CN(C)CC(=O)NC1CCCCCC1. The number of nitriles is 1. The molecule has 0 radical (unpaired) electrons. The highest BCUT2D eigenvalue weighted by Crippen LogP contribution is 2.17. The van der Waals surface area contributed by atoms with Gasteiger partial charge in [-0.3, -0.25) is 9.69 Å². The summed E-state index contributed by atoms with van der Waals surface area (Å²) in [6.45, 7) is 2.91. The van der Waals surface area contributed by atoms with E-state index in [1.54, 1.807) is 0 Å². The predicted molar refractivity (Wildman–Crippen MR) is 71.9 cm³/mol. The second-order valence-corrected chi connectivity index (χ2v) is 5.48. The number of hydrogen-bond donors (Lipinski definition) is 1. The molecule has 0 aromatic rings. The third kappa shape index (κ3) is 6.02. The molecule has 0 aliphatic heterocycles. The van der Waals surface area contributed by atoms with Crippen LogP contribution in [0.25, 0.3) is 0 Å². The molecule has 4 nitrogen and oxygen atoms in total. The Bertz CT molecular complexity index is 290. The lowest BCUT2D eigenvalue weighted by molar-refractivity contribution is -0.122. The molecule has 1 unspecified atom stereocenters. The van der Waals surface area contributed by atoms with E-state index in [1.165, 1.54) is 25.7 Å². The molecule has 0 heterocycles. The molecule has 0 aromatic heterocycles. The first-order valence-corrected chi connectivity index (χ1v) is 6.99. The van der Waals surface area contributed by atoms with Crippen molar-refractivity contribution < 1.29 is 4.79 Å². The van der Waals surface area contributed by atoms with Gasteiger partial charge in [-0.15, -0.1) is 0 Å². The first-order chi connectivity index (χ1) is 8.61. The summed E-state index contributed by atoms with van der Waals surface area (Å²) < 4.78 is 0. The molecule has 18 heavy (non-hydrogen) atoms. The molecular weight excluding hydrogens is 226 g/mol. The first kappa shape index (κ1) is 15.0. The Morgan fingerprint density at radius 1 is 1.39 bits per heavy atom. The number of hydrogen-bond acceptors (Lipinski definition) is 3. The molecular formula is C14H25N3O. The van der Waals surface area contributed by atoms with Gasteiger partial charge in [-0.1, -0.05) is 25.7 Å². The summed E-state index contributed by atoms with van der Waals surface area (Å²) in [5.41, 5.74) is 0. The topological polar surface area (TPSA) is 56.1 Å². The zero-order valence-corrected chi connectivity index (χ0v) is 11.6. The zero-order chi connectivity index (χ0) is 13.4. The molecule has 1 aliphatic carbocycles. The minimum Gasteiger partial charge on any atom is -0.352 e. The van der Waals surface area contributed by atoms with Gasteiger partial charge in [0.1, 0.15) is 0 Å². The molecule has 0 aromatic carbocycles. The molecule has 1 atom stereocenters. The number of carbonyl (C=O) groups excluding carboxylic acids is 1. The van der Waals surface area contributed by atoms with Crippen LogP contribution in [0, 0.1) is 17.2 Å². The quantitative estimate of drug-likeness (QED) is 0.759. The molecule has 102 valence electrons. The Morgan fingerprint density at radius 3 is 2.56 bits per heavy atom. The van der Waals surface area contributed by atoms with Gasteiger partial charge in [0.2, 0.25) is 5.91 Å². The molecule has 1 N–H and O–H groups in total. The first-order valence-electron chi connectivity index (χ1n) is 6.99. The number of likely N-dealkylation sites (N-methyl/N-ethyl adjacent to an activating group) is 1. The zero-order valence-electron chi connectivity index (χ0n) is 11.6. The summed E-state index contributed by atoms with van der Waals surface area (Å²) in [5.74, 6) is 0.0650. The largest absolute Gasteiger partial charge is 0.352 e. The maximum absolute atomic E-state index is 11.9. The van der Waals surface area contributed by atoms with E-state index in [0.29, 0.717) is 19.1 Å². The summed E-state index contributed by atoms with van der Waals surface area (Å²) in [7, 11) is 1.89. The minimum atomic E-state index is -0.0271. The number of carbonyl (C=O) groups is 1. The monoisotopic (exact) mass is 251 g/mol. The maximum Gasteiger partial charge on any atom is 0.234 e. The van der Waals surface area contributed by atoms with Crippen LogP contribution >= 0.6 is 0 Å². The lowest BCUT2D eigenvalue weighted by Gasteiger charge is -2.20. The highest BCUT2D eigenvalue weighted by Gasteiger charge is 2.16. The lowest BCUT2D eigenvalue weighted by Crippen LogP contribution is -2.41. The van der Waals surface area contributed by atoms with Crippen molar-refractivity contribution in [3.8, 4) is 6.07 Å². The fourth-order valence-corrected chi connectivity index (χ4v) is 2.52. The Kier molecular flexibility index (Phi) is 6.74. The smallest absolute Gasteiger partial charge is 0.234 e. The Labute approximate surface area is 110 Å². The van der Waals surface area contributed by atoms with Gasteiger partial charge in [-0.25, -0.2) is 0 Å². The molecule has 1 saturated carbocycles. The van der Waals surface area contributed by atoms with Crippen LogP contribution in [-0.2, 0) is 4.79 Å².